The van der Waals surface area contributed by atoms with E-state index in [1.807, 2.05) is 91.0 Å². The zero-order valence-corrected chi connectivity index (χ0v) is 22.3. The van der Waals surface area contributed by atoms with Crippen LogP contribution in [0.1, 0.15) is 42.9 Å². The molecule has 0 aromatic heterocycles. The number of hydrogen-bond acceptors (Lipinski definition) is 5. The molecule has 1 fully saturated rings. The van der Waals surface area contributed by atoms with Gasteiger partial charge in [0.15, 0.2) is 0 Å². The van der Waals surface area contributed by atoms with Crippen LogP contribution in [0.5, 0.6) is 0 Å². The molecule has 3 aromatic carbocycles. The predicted octanol–water partition coefficient (Wildman–Crippen LogP) is 5.02. The van der Waals surface area contributed by atoms with Crippen molar-refractivity contribution in [3.05, 3.63) is 108 Å². The monoisotopic (exact) mass is 516 g/mol. The van der Waals surface area contributed by atoms with Crippen LogP contribution >= 0.6 is 0 Å². The molecular formula is C32H40N2O4. The highest BCUT2D eigenvalue weighted by molar-refractivity contribution is 5.83. The normalized spacial score (nSPS) is 20.9. The molecule has 1 aliphatic rings. The number of rotatable bonds is 15. The van der Waals surface area contributed by atoms with Crippen molar-refractivity contribution in [1.82, 2.24) is 10.6 Å². The summed E-state index contributed by atoms with van der Waals surface area (Å²) >= 11 is 0. The molecule has 0 spiro atoms. The van der Waals surface area contributed by atoms with Crippen molar-refractivity contribution in [2.75, 3.05) is 13.2 Å². The van der Waals surface area contributed by atoms with E-state index in [9.17, 15) is 4.79 Å². The van der Waals surface area contributed by atoms with Gasteiger partial charge in [-0.15, -0.1) is 0 Å². The van der Waals surface area contributed by atoms with Gasteiger partial charge in [-0.2, -0.15) is 0 Å². The first-order valence-electron chi connectivity index (χ1n) is 13.7. The fourth-order valence-corrected chi connectivity index (χ4v) is 4.72. The van der Waals surface area contributed by atoms with Gasteiger partial charge in [0.2, 0.25) is 5.91 Å². The van der Waals surface area contributed by atoms with Crippen LogP contribution in [-0.2, 0) is 38.8 Å². The SMILES string of the molecule is CCCCCNC(=O)[C@@H]1N[C@H](COCc2ccccc2)[C@H](OCc2ccccc2)[C@@H]1OCc1ccccc1. The molecule has 4 atom stereocenters. The summed E-state index contributed by atoms with van der Waals surface area (Å²) in [5.41, 5.74) is 3.24. The molecule has 0 unspecified atom stereocenters. The van der Waals surface area contributed by atoms with Crippen LogP contribution in [0.2, 0.25) is 0 Å². The molecule has 1 aliphatic heterocycles. The average molecular weight is 517 g/mol. The van der Waals surface area contributed by atoms with E-state index < -0.39 is 12.1 Å². The Hall–Kier alpha value is -3.03. The number of hydrogen-bond donors (Lipinski definition) is 2. The van der Waals surface area contributed by atoms with Crippen LogP contribution in [-0.4, -0.2) is 43.4 Å². The van der Waals surface area contributed by atoms with E-state index in [2.05, 4.69) is 17.6 Å². The molecule has 6 heteroatoms. The summed E-state index contributed by atoms with van der Waals surface area (Å²) in [4.78, 5) is 13.3. The molecule has 202 valence electrons. The van der Waals surface area contributed by atoms with Gasteiger partial charge in [0.25, 0.3) is 0 Å². The Morgan fingerprint density at radius 1 is 0.737 bits per heavy atom. The van der Waals surface area contributed by atoms with E-state index in [1.54, 1.807) is 0 Å². The second-order valence-electron chi connectivity index (χ2n) is 9.77. The summed E-state index contributed by atoms with van der Waals surface area (Å²) in [5, 5.41) is 6.61. The second kappa shape index (κ2) is 15.4. The lowest BCUT2D eigenvalue weighted by molar-refractivity contribution is -0.130. The van der Waals surface area contributed by atoms with E-state index in [0.717, 1.165) is 36.0 Å². The quantitative estimate of drug-likeness (QED) is 0.278. The van der Waals surface area contributed by atoms with E-state index in [0.29, 0.717) is 33.0 Å². The maximum atomic E-state index is 13.3. The van der Waals surface area contributed by atoms with E-state index >= 15 is 0 Å². The van der Waals surface area contributed by atoms with Gasteiger partial charge in [0.1, 0.15) is 18.2 Å². The molecule has 6 nitrogen and oxygen atoms in total. The van der Waals surface area contributed by atoms with Crippen LogP contribution in [0.3, 0.4) is 0 Å². The van der Waals surface area contributed by atoms with E-state index in [1.165, 1.54) is 0 Å². The maximum absolute atomic E-state index is 13.3. The fraction of sp³-hybridized carbons (Fsp3) is 0.406. The summed E-state index contributed by atoms with van der Waals surface area (Å²) in [6.45, 7) is 4.53. The molecule has 3 aromatic rings. The first-order chi connectivity index (χ1) is 18.7. The van der Waals surface area contributed by atoms with Crippen LogP contribution in [0.4, 0.5) is 0 Å². The van der Waals surface area contributed by atoms with Gasteiger partial charge < -0.3 is 19.5 Å². The van der Waals surface area contributed by atoms with Gasteiger partial charge in [-0.1, -0.05) is 111 Å². The zero-order valence-electron chi connectivity index (χ0n) is 22.3. The molecule has 0 saturated carbocycles. The Kier molecular flexibility index (Phi) is 11.3. The first kappa shape index (κ1) is 28.0. The lowest BCUT2D eigenvalue weighted by Crippen LogP contribution is -2.48. The van der Waals surface area contributed by atoms with Crippen molar-refractivity contribution in [1.29, 1.82) is 0 Å². The fourth-order valence-electron chi connectivity index (χ4n) is 4.72. The molecule has 1 heterocycles. The van der Waals surface area contributed by atoms with Crippen LogP contribution in [0, 0.1) is 0 Å². The molecule has 0 aliphatic carbocycles. The minimum absolute atomic E-state index is 0.0574. The third-order valence-electron chi connectivity index (χ3n) is 6.78. The standard InChI is InChI=1S/C32H40N2O4/c1-2-3-13-20-33-32(35)29-31(38-23-27-18-11-6-12-19-27)30(37-22-26-16-9-5-10-17-26)28(34-29)24-36-21-25-14-7-4-8-15-25/h4-12,14-19,28-31,34H,2-3,13,20-24H2,1H3,(H,33,35)/t28-,29-,30+,31-/m1/s1. The van der Waals surface area contributed by atoms with Crippen molar-refractivity contribution in [2.45, 2.75) is 70.3 Å². The summed E-state index contributed by atoms with van der Waals surface area (Å²) < 4.78 is 19.0. The van der Waals surface area contributed by atoms with Gasteiger partial charge in [0.05, 0.1) is 32.5 Å². The van der Waals surface area contributed by atoms with Gasteiger partial charge >= 0.3 is 0 Å². The Labute approximate surface area is 226 Å². The highest BCUT2D eigenvalue weighted by Crippen LogP contribution is 2.25. The molecule has 38 heavy (non-hydrogen) atoms. The molecule has 2 N–H and O–H groups in total. The highest BCUT2D eigenvalue weighted by atomic mass is 16.5. The number of ether oxygens (including phenoxy) is 3. The van der Waals surface area contributed by atoms with Crippen molar-refractivity contribution >= 4 is 5.91 Å². The lowest BCUT2D eigenvalue weighted by Gasteiger charge is -2.26. The summed E-state index contributed by atoms with van der Waals surface area (Å²) in [6, 6.07) is 29.5. The number of nitrogens with one attached hydrogen (secondary N) is 2. The third-order valence-corrected chi connectivity index (χ3v) is 6.78. The average Bonchev–Trinajstić information content (AvgIpc) is 3.32. The van der Waals surface area contributed by atoms with E-state index in [4.69, 9.17) is 14.2 Å². The van der Waals surface area contributed by atoms with Crippen molar-refractivity contribution in [3.63, 3.8) is 0 Å². The van der Waals surface area contributed by atoms with Gasteiger partial charge in [0, 0.05) is 6.54 Å². The zero-order chi connectivity index (χ0) is 26.4. The van der Waals surface area contributed by atoms with E-state index in [-0.39, 0.29) is 18.1 Å². The number of unbranched alkanes of at least 4 members (excludes halogenated alkanes) is 2. The van der Waals surface area contributed by atoms with Gasteiger partial charge in [-0.25, -0.2) is 0 Å². The smallest absolute Gasteiger partial charge is 0.239 e. The van der Waals surface area contributed by atoms with Gasteiger partial charge in [-0.3, -0.25) is 10.1 Å². The molecule has 1 saturated heterocycles. The number of carbonyl (C=O) groups is 1. The summed E-state index contributed by atoms with van der Waals surface area (Å²) in [5.74, 6) is -0.0574. The van der Waals surface area contributed by atoms with Crippen LogP contribution < -0.4 is 10.6 Å². The maximum Gasteiger partial charge on any atom is 0.239 e. The van der Waals surface area contributed by atoms with Gasteiger partial charge in [-0.05, 0) is 23.1 Å². The minimum atomic E-state index is -0.536. The number of carbonyl (C=O) groups excluding carboxylic acids is 1. The molecular weight excluding hydrogens is 476 g/mol. The highest BCUT2D eigenvalue weighted by Gasteiger charge is 2.48. The molecule has 0 bridgehead atoms. The Morgan fingerprint density at radius 2 is 1.26 bits per heavy atom. The Morgan fingerprint density at radius 3 is 1.82 bits per heavy atom. The van der Waals surface area contributed by atoms with Crippen LogP contribution in [0.25, 0.3) is 0 Å². The number of benzene rings is 3. The van der Waals surface area contributed by atoms with Crippen molar-refractivity contribution in [2.24, 2.45) is 0 Å². The van der Waals surface area contributed by atoms with Crippen LogP contribution in [0.15, 0.2) is 91.0 Å². The van der Waals surface area contributed by atoms with Crippen molar-refractivity contribution < 1.29 is 19.0 Å². The largest absolute Gasteiger partial charge is 0.375 e. The Bertz CT molecular complexity index is 1060. The minimum Gasteiger partial charge on any atom is -0.375 e. The second-order valence-corrected chi connectivity index (χ2v) is 9.77. The molecule has 1 amide bonds. The Balaban J connectivity index is 1.48. The summed E-state index contributed by atoms with van der Waals surface area (Å²) in [7, 11) is 0. The first-order valence-corrected chi connectivity index (χ1v) is 13.7. The molecule has 0 radical (unpaired) electrons. The van der Waals surface area contributed by atoms with Crippen molar-refractivity contribution in [3.8, 4) is 0 Å². The topological polar surface area (TPSA) is 68.8 Å². The summed E-state index contributed by atoms with van der Waals surface area (Å²) in [6.07, 6.45) is 2.33. The number of amides is 1. The third kappa shape index (κ3) is 8.50. The lowest BCUT2D eigenvalue weighted by atomic mass is 10.1. The predicted molar refractivity (Wildman–Crippen MR) is 149 cm³/mol. The molecule has 4 rings (SSSR count).